The highest BCUT2D eigenvalue weighted by atomic mass is 16.5. The van der Waals surface area contributed by atoms with E-state index >= 15 is 0 Å². The highest BCUT2D eigenvalue weighted by Gasteiger charge is 2.17. The molecule has 2 heterocycles. The van der Waals surface area contributed by atoms with Crippen LogP contribution in [0.1, 0.15) is 41.2 Å². The van der Waals surface area contributed by atoms with Gasteiger partial charge in [-0.3, -0.25) is 4.79 Å². The molecule has 0 saturated carbocycles. The molecular formula is C25H25N3O4. The van der Waals surface area contributed by atoms with E-state index in [4.69, 9.17) is 9.15 Å². The molecule has 0 radical (unpaired) electrons. The van der Waals surface area contributed by atoms with Crippen LogP contribution in [0.3, 0.4) is 0 Å². The molecule has 4 rings (SSSR count). The van der Waals surface area contributed by atoms with Crippen LogP contribution in [0.4, 0.5) is 0 Å². The number of para-hydroxylation sites is 1. The molecule has 32 heavy (non-hydrogen) atoms. The molecule has 7 nitrogen and oxygen atoms in total. The van der Waals surface area contributed by atoms with Gasteiger partial charge in [0.2, 0.25) is 0 Å². The molecule has 1 amide bonds. The van der Waals surface area contributed by atoms with Crippen molar-refractivity contribution in [3.63, 3.8) is 0 Å². The topological polar surface area (TPSA) is 86.4 Å². The summed E-state index contributed by atoms with van der Waals surface area (Å²) in [6.45, 7) is 8.00. The van der Waals surface area contributed by atoms with Crippen LogP contribution in [0.15, 0.2) is 63.8 Å². The van der Waals surface area contributed by atoms with Crippen LogP contribution in [-0.4, -0.2) is 21.8 Å². The van der Waals surface area contributed by atoms with Crippen LogP contribution in [0, 0.1) is 13.8 Å². The smallest absolute Gasteiger partial charge is 0.337 e. The number of nitrogens with one attached hydrogen (secondary N) is 1. The summed E-state index contributed by atoms with van der Waals surface area (Å²) in [4.78, 5) is 25.1. The van der Waals surface area contributed by atoms with Gasteiger partial charge in [0.25, 0.3) is 5.91 Å². The largest absolute Gasteiger partial charge is 0.491 e. The molecule has 0 spiro atoms. The Balaban J connectivity index is 1.60. The van der Waals surface area contributed by atoms with Crippen molar-refractivity contribution in [2.45, 2.75) is 40.3 Å². The van der Waals surface area contributed by atoms with Crippen molar-refractivity contribution in [1.29, 1.82) is 0 Å². The first-order valence-electron chi connectivity index (χ1n) is 10.5. The number of ether oxygens (including phenoxy) is 1. The molecule has 4 aromatic rings. The SMILES string of the molecule is Cc1nn(-c2ccccc2)c(C)c1CNC(=O)c1cc(=O)oc2cc(OC(C)C)ccc12. The number of carbonyl (C=O) groups excluding carboxylic acids is 1. The van der Waals surface area contributed by atoms with E-state index in [9.17, 15) is 9.59 Å². The fraction of sp³-hybridized carbons (Fsp3) is 0.240. The van der Waals surface area contributed by atoms with Crippen molar-refractivity contribution >= 4 is 16.9 Å². The molecule has 0 atom stereocenters. The quantitative estimate of drug-likeness (QED) is 0.460. The average Bonchev–Trinajstić information content (AvgIpc) is 3.04. The lowest BCUT2D eigenvalue weighted by Crippen LogP contribution is -2.24. The lowest BCUT2D eigenvalue weighted by atomic mass is 10.1. The monoisotopic (exact) mass is 431 g/mol. The van der Waals surface area contributed by atoms with Gasteiger partial charge in [-0.05, 0) is 52.0 Å². The second kappa shape index (κ2) is 8.70. The van der Waals surface area contributed by atoms with E-state index in [-0.39, 0.29) is 17.6 Å². The van der Waals surface area contributed by atoms with Gasteiger partial charge in [-0.25, -0.2) is 9.48 Å². The van der Waals surface area contributed by atoms with Gasteiger partial charge in [-0.2, -0.15) is 5.10 Å². The number of nitrogens with zero attached hydrogens (tertiary/aromatic N) is 2. The summed E-state index contributed by atoms with van der Waals surface area (Å²) >= 11 is 0. The zero-order chi connectivity index (χ0) is 22.8. The second-order valence-electron chi connectivity index (χ2n) is 7.88. The fourth-order valence-electron chi connectivity index (χ4n) is 3.69. The molecule has 1 N–H and O–H groups in total. The first kappa shape index (κ1) is 21.4. The van der Waals surface area contributed by atoms with Gasteiger partial charge >= 0.3 is 5.63 Å². The first-order chi connectivity index (χ1) is 15.3. The van der Waals surface area contributed by atoms with Gasteiger partial charge < -0.3 is 14.5 Å². The molecule has 7 heteroatoms. The Morgan fingerprint density at radius 3 is 2.59 bits per heavy atom. The van der Waals surface area contributed by atoms with Crippen LogP contribution in [0.5, 0.6) is 5.75 Å². The third kappa shape index (κ3) is 4.27. The van der Waals surface area contributed by atoms with Gasteiger partial charge in [0, 0.05) is 35.3 Å². The standard InChI is InChI=1S/C25H25N3O4/c1-15(2)31-19-10-11-20-21(13-24(29)32-23(20)12-19)25(30)26-14-22-16(3)27-28(17(22)4)18-8-6-5-7-9-18/h5-13,15H,14H2,1-4H3,(H,26,30). The van der Waals surface area contributed by atoms with Gasteiger partial charge in [-0.1, -0.05) is 18.2 Å². The highest BCUT2D eigenvalue weighted by Crippen LogP contribution is 2.24. The second-order valence-corrected chi connectivity index (χ2v) is 7.88. The maximum absolute atomic E-state index is 13.0. The Kier molecular flexibility index (Phi) is 5.81. The highest BCUT2D eigenvalue weighted by molar-refractivity contribution is 6.05. The van der Waals surface area contributed by atoms with Crippen molar-refractivity contribution in [1.82, 2.24) is 15.1 Å². The summed E-state index contributed by atoms with van der Waals surface area (Å²) in [6.07, 6.45) is -0.0195. The number of fused-ring (bicyclic) bond motifs is 1. The third-order valence-electron chi connectivity index (χ3n) is 5.20. The minimum absolute atomic E-state index is 0.0195. The zero-order valence-electron chi connectivity index (χ0n) is 18.5. The molecule has 0 bridgehead atoms. The number of aryl methyl sites for hydroxylation is 1. The Labute approximate surface area is 185 Å². The Morgan fingerprint density at radius 1 is 1.12 bits per heavy atom. The molecule has 2 aromatic carbocycles. The molecule has 164 valence electrons. The summed E-state index contributed by atoms with van der Waals surface area (Å²) in [5.74, 6) is 0.222. The lowest BCUT2D eigenvalue weighted by Gasteiger charge is -2.11. The molecular weight excluding hydrogens is 406 g/mol. The molecule has 0 fully saturated rings. The molecule has 2 aromatic heterocycles. The molecule has 0 saturated heterocycles. The van der Waals surface area contributed by atoms with Gasteiger partial charge in [0.15, 0.2) is 0 Å². The molecule has 0 aliphatic carbocycles. The normalized spacial score (nSPS) is 11.2. The van der Waals surface area contributed by atoms with Crippen LogP contribution in [0.25, 0.3) is 16.7 Å². The van der Waals surface area contributed by atoms with E-state index in [2.05, 4.69) is 10.4 Å². The van der Waals surface area contributed by atoms with E-state index in [0.717, 1.165) is 22.6 Å². The van der Waals surface area contributed by atoms with E-state index in [0.29, 0.717) is 23.3 Å². The van der Waals surface area contributed by atoms with Crippen molar-refractivity contribution in [3.05, 3.63) is 87.5 Å². The summed E-state index contributed by atoms with van der Waals surface area (Å²) in [5, 5.41) is 8.09. The van der Waals surface area contributed by atoms with E-state index < -0.39 is 5.63 Å². The van der Waals surface area contributed by atoms with Crippen molar-refractivity contribution in [2.24, 2.45) is 0 Å². The van der Waals surface area contributed by atoms with Crippen LogP contribution in [0.2, 0.25) is 0 Å². The Morgan fingerprint density at radius 2 is 1.88 bits per heavy atom. The number of benzene rings is 2. The number of carbonyl (C=O) groups is 1. The maximum atomic E-state index is 13.0. The fourth-order valence-corrected chi connectivity index (χ4v) is 3.69. The predicted molar refractivity (Wildman–Crippen MR) is 122 cm³/mol. The summed E-state index contributed by atoms with van der Waals surface area (Å²) in [5.41, 5.74) is 3.65. The lowest BCUT2D eigenvalue weighted by molar-refractivity contribution is 0.0952. The minimum atomic E-state index is -0.589. The van der Waals surface area contributed by atoms with Crippen molar-refractivity contribution in [3.8, 4) is 11.4 Å². The molecule has 0 aliphatic rings. The van der Waals surface area contributed by atoms with Gasteiger partial charge in [-0.15, -0.1) is 0 Å². The Bertz CT molecular complexity index is 1340. The maximum Gasteiger partial charge on any atom is 0.337 e. The minimum Gasteiger partial charge on any atom is -0.491 e. The van der Waals surface area contributed by atoms with Crippen molar-refractivity contribution in [2.75, 3.05) is 0 Å². The summed E-state index contributed by atoms with van der Waals surface area (Å²) in [7, 11) is 0. The van der Waals surface area contributed by atoms with Gasteiger partial charge in [0.05, 0.1) is 23.0 Å². The van der Waals surface area contributed by atoms with E-state index in [1.54, 1.807) is 18.2 Å². The number of aromatic nitrogens is 2. The van der Waals surface area contributed by atoms with Gasteiger partial charge in [0.1, 0.15) is 11.3 Å². The summed E-state index contributed by atoms with van der Waals surface area (Å²) in [6, 6.07) is 16.2. The van der Waals surface area contributed by atoms with Crippen molar-refractivity contribution < 1.29 is 13.9 Å². The molecule has 0 unspecified atom stereocenters. The van der Waals surface area contributed by atoms with E-state index in [1.165, 1.54) is 6.07 Å². The number of rotatable bonds is 6. The number of amides is 1. The average molecular weight is 431 g/mol. The third-order valence-corrected chi connectivity index (χ3v) is 5.20. The van der Waals surface area contributed by atoms with Crippen LogP contribution >= 0.6 is 0 Å². The zero-order valence-corrected chi connectivity index (χ0v) is 18.5. The molecule has 0 aliphatic heterocycles. The van der Waals surface area contributed by atoms with E-state index in [1.807, 2.05) is 62.7 Å². The predicted octanol–water partition coefficient (Wildman–Crippen LogP) is 4.31. The first-order valence-corrected chi connectivity index (χ1v) is 10.5. The van der Waals surface area contributed by atoms with Crippen LogP contribution in [-0.2, 0) is 6.54 Å². The number of hydrogen-bond donors (Lipinski definition) is 1. The Hall–Kier alpha value is -3.87. The van der Waals surface area contributed by atoms with Crippen LogP contribution < -0.4 is 15.7 Å². The number of hydrogen-bond acceptors (Lipinski definition) is 5. The summed E-state index contributed by atoms with van der Waals surface area (Å²) < 4.78 is 12.8.